The molecule has 1 saturated carbocycles. The quantitative estimate of drug-likeness (QED) is 0.250. The maximum atomic E-state index is 13.6. The van der Waals surface area contributed by atoms with Crippen LogP contribution in [0.3, 0.4) is 0 Å². The minimum Gasteiger partial charge on any atom is -0.493 e. The number of benzene rings is 3. The van der Waals surface area contributed by atoms with Crippen molar-refractivity contribution in [2.45, 2.75) is 38.0 Å². The zero-order valence-electron chi connectivity index (χ0n) is 21.6. The molecule has 1 amide bonds. The second-order valence-electron chi connectivity index (χ2n) is 9.41. The number of carbonyl (C=O) groups is 1. The summed E-state index contributed by atoms with van der Waals surface area (Å²) in [4.78, 5) is 31.0. The first-order valence-corrected chi connectivity index (χ1v) is 13.7. The molecule has 3 aromatic carbocycles. The molecule has 5 rings (SSSR count). The summed E-state index contributed by atoms with van der Waals surface area (Å²) in [6.07, 6.45) is 6.88. The van der Waals surface area contributed by atoms with Crippen LogP contribution in [0.25, 0.3) is 10.9 Å². The minimum absolute atomic E-state index is 0.155. The third kappa shape index (κ3) is 6.20. The van der Waals surface area contributed by atoms with Gasteiger partial charge >= 0.3 is 0 Å². The van der Waals surface area contributed by atoms with Gasteiger partial charge in [-0.25, -0.2) is 4.98 Å². The molecule has 1 fully saturated rings. The number of para-hydroxylation sites is 2. The molecule has 0 bridgehead atoms. The van der Waals surface area contributed by atoms with Gasteiger partial charge in [-0.1, -0.05) is 65.5 Å². The molecular weight excluding hydrogens is 560 g/mol. The maximum Gasteiger partial charge on any atom is 0.282 e. The van der Waals surface area contributed by atoms with E-state index < -0.39 is 0 Å². The van der Waals surface area contributed by atoms with Crippen LogP contribution in [0.15, 0.2) is 81.1 Å². The first-order valence-electron chi connectivity index (χ1n) is 12.9. The summed E-state index contributed by atoms with van der Waals surface area (Å²) in [6.45, 7) is -0.238. The van der Waals surface area contributed by atoms with E-state index in [-0.39, 0.29) is 24.0 Å². The van der Waals surface area contributed by atoms with Crippen LogP contribution in [0.1, 0.15) is 49.4 Å². The van der Waals surface area contributed by atoms with Gasteiger partial charge in [-0.2, -0.15) is 9.78 Å². The number of hydrogen-bond acceptors (Lipinski definition) is 6. The summed E-state index contributed by atoms with van der Waals surface area (Å²) in [5.41, 5.74) is 1.67. The van der Waals surface area contributed by atoms with Crippen LogP contribution in [0, 0.1) is 0 Å². The van der Waals surface area contributed by atoms with Gasteiger partial charge in [0.05, 0.1) is 24.2 Å². The topological polar surface area (TPSA) is 94.8 Å². The number of methoxy groups -OCH3 is 1. The molecule has 0 aliphatic heterocycles. The lowest BCUT2D eigenvalue weighted by Crippen LogP contribution is -2.25. The number of nitrogens with zero attached hydrogens (tertiary/aromatic N) is 3. The van der Waals surface area contributed by atoms with Crippen molar-refractivity contribution in [3.05, 3.63) is 92.9 Å². The lowest BCUT2D eigenvalue weighted by molar-refractivity contribution is -0.118. The Kier molecular flexibility index (Phi) is 8.36. The number of anilines is 1. The van der Waals surface area contributed by atoms with Crippen LogP contribution in [0.5, 0.6) is 11.5 Å². The fourth-order valence-electron chi connectivity index (χ4n) is 4.84. The van der Waals surface area contributed by atoms with Crippen molar-refractivity contribution in [3.8, 4) is 11.5 Å². The number of ether oxygens (including phenoxy) is 2. The van der Waals surface area contributed by atoms with Gasteiger partial charge in [-0.15, -0.1) is 0 Å². The Balaban J connectivity index is 1.50. The van der Waals surface area contributed by atoms with E-state index in [0.29, 0.717) is 39.5 Å². The number of halogens is 1. The van der Waals surface area contributed by atoms with Crippen LogP contribution in [-0.4, -0.2) is 35.5 Å². The van der Waals surface area contributed by atoms with Crippen LogP contribution in [0.4, 0.5) is 5.69 Å². The summed E-state index contributed by atoms with van der Waals surface area (Å²) in [5.74, 6) is 1.27. The van der Waals surface area contributed by atoms with Crippen LogP contribution in [0.2, 0.25) is 0 Å². The van der Waals surface area contributed by atoms with Gasteiger partial charge in [0, 0.05) is 21.6 Å². The van der Waals surface area contributed by atoms with Crippen molar-refractivity contribution >= 4 is 44.6 Å². The molecule has 1 aliphatic carbocycles. The molecule has 0 saturated heterocycles. The Bertz CT molecular complexity index is 1560. The summed E-state index contributed by atoms with van der Waals surface area (Å²) < 4.78 is 13.6. The molecule has 1 N–H and O–H groups in total. The minimum atomic E-state index is -0.316. The highest BCUT2D eigenvalue weighted by atomic mass is 79.9. The molecule has 1 aliphatic rings. The fraction of sp³-hybridized carbons (Fsp3) is 0.267. The van der Waals surface area contributed by atoms with E-state index in [4.69, 9.17) is 14.5 Å². The number of hydrogen-bond donors (Lipinski definition) is 1. The molecular formula is C30H29BrN4O4. The molecule has 0 unspecified atom stereocenters. The van der Waals surface area contributed by atoms with Crippen LogP contribution in [-0.2, 0) is 4.79 Å². The molecule has 200 valence electrons. The van der Waals surface area contributed by atoms with Gasteiger partial charge in [0.25, 0.3) is 11.5 Å². The van der Waals surface area contributed by atoms with Crippen molar-refractivity contribution in [2.75, 3.05) is 19.0 Å². The number of aromatic nitrogens is 2. The Morgan fingerprint density at radius 3 is 2.62 bits per heavy atom. The van der Waals surface area contributed by atoms with Gasteiger partial charge in [-0.05, 0) is 49.2 Å². The van der Waals surface area contributed by atoms with E-state index in [2.05, 4.69) is 26.3 Å². The highest BCUT2D eigenvalue weighted by molar-refractivity contribution is 9.10. The third-order valence-electron chi connectivity index (χ3n) is 6.73. The SMILES string of the molecule is COc1cc(Br)cc(C=Nn2c(C3CCCCC3)nc3ccccc3c2=O)c1OCC(=O)Nc1ccccc1. The summed E-state index contributed by atoms with van der Waals surface area (Å²) in [6, 6.07) is 20.1. The molecule has 9 heteroatoms. The number of fused-ring (bicyclic) bond motifs is 1. The predicted molar refractivity (Wildman–Crippen MR) is 156 cm³/mol. The van der Waals surface area contributed by atoms with Crippen molar-refractivity contribution in [3.63, 3.8) is 0 Å². The molecule has 1 aromatic heterocycles. The Morgan fingerprint density at radius 2 is 1.85 bits per heavy atom. The summed E-state index contributed by atoms with van der Waals surface area (Å²) >= 11 is 3.51. The highest BCUT2D eigenvalue weighted by Crippen LogP contribution is 2.35. The standard InChI is InChI=1S/C30H29BrN4O4/c1-38-26-17-22(31)16-21(28(26)39-19-27(36)33-23-12-6-3-7-13-23)18-32-35-29(20-10-4-2-5-11-20)34-25-15-9-8-14-24(25)30(35)37/h3,6-9,12-18,20H,2,4-5,10-11,19H2,1H3,(H,33,36). The molecule has 1 heterocycles. The summed E-state index contributed by atoms with van der Waals surface area (Å²) in [5, 5.41) is 7.95. The van der Waals surface area contributed by atoms with E-state index in [0.717, 1.165) is 30.2 Å². The van der Waals surface area contributed by atoms with Crippen molar-refractivity contribution < 1.29 is 14.3 Å². The van der Waals surface area contributed by atoms with Gasteiger partial charge < -0.3 is 14.8 Å². The molecule has 0 atom stereocenters. The molecule has 4 aromatic rings. The first-order chi connectivity index (χ1) is 19.0. The van der Waals surface area contributed by atoms with Crippen molar-refractivity contribution in [1.29, 1.82) is 0 Å². The van der Waals surface area contributed by atoms with E-state index in [1.54, 1.807) is 36.5 Å². The van der Waals surface area contributed by atoms with Crippen LogP contribution >= 0.6 is 15.9 Å². The smallest absolute Gasteiger partial charge is 0.282 e. The summed E-state index contributed by atoms with van der Waals surface area (Å²) in [7, 11) is 1.53. The van der Waals surface area contributed by atoms with Gasteiger partial charge in [-0.3, -0.25) is 9.59 Å². The Morgan fingerprint density at radius 1 is 1.10 bits per heavy atom. The normalized spacial score (nSPS) is 14.0. The zero-order valence-corrected chi connectivity index (χ0v) is 23.2. The first kappa shape index (κ1) is 26.6. The monoisotopic (exact) mass is 588 g/mol. The second-order valence-corrected chi connectivity index (χ2v) is 10.3. The molecule has 8 nitrogen and oxygen atoms in total. The number of nitrogens with one attached hydrogen (secondary N) is 1. The van der Waals surface area contributed by atoms with Gasteiger partial charge in [0.1, 0.15) is 5.82 Å². The largest absolute Gasteiger partial charge is 0.493 e. The maximum absolute atomic E-state index is 13.6. The molecule has 0 spiro atoms. The average molecular weight is 589 g/mol. The zero-order chi connectivity index (χ0) is 27.2. The van der Waals surface area contributed by atoms with E-state index in [1.807, 2.05) is 36.4 Å². The number of carbonyl (C=O) groups excluding carboxylic acids is 1. The highest BCUT2D eigenvalue weighted by Gasteiger charge is 2.22. The van der Waals surface area contributed by atoms with Crippen molar-refractivity contribution in [1.82, 2.24) is 9.66 Å². The second kappa shape index (κ2) is 12.3. The average Bonchev–Trinajstić information content (AvgIpc) is 2.96. The Hall–Kier alpha value is -3.98. The van der Waals surface area contributed by atoms with Gasteiger partial charge in [0.2, 0.25) is 0 Å². The third-order valence-corrected chi connectivity index (χ3v) is 7.19. The Labute approximate surface area is 234 Å². The lowest BCUT2D eigenvalue weighted by Gasteiger charge is -2.22. The predicted octanol–water partition coefficient (Wildman–Crippen LogP) is 6.12. The van der Waals surface area contributed by atoms with Crippen molar-refractivity contribution in [2.24, 2.45) is 5.10 Å². The number of rotatable bonds is 8. The van der Waals surface area contributed by atoms with Crippen LogP contribution < -0.4 is 20.3 Å². The molecule has 39 heavy (non-hydrogen) atoms. The van der Waals surface area contributed by atoms with E-state index >= 15 is 0 Å². The van der Waals surface area contributed by atoms with E-state index in [9.17, 15) is 9.59 Å². The van der Waals surface area contributed by atoms with Gasteiger partial charge in [0.15, 0.2) is 18.1 Å². The van der Waals surface area contributed by atoms with E-state index in [1.165, 1.54) is 18.2 Å². The molecule has 0 radical (unpaired) electrons. The number of amides is 1. The fourth-order valence-corrected chi connectivity index (χ4v) is 5.30. The lowest BCUT2D eigenvalue weighted by atomic mass is 9.88.